The van der Waals surface area contributed by atoms with Crippen molar-refractivity contribution in [3.05, 3.63) is 63.7 Å². The summed E-state index contributed by atoms with van der Waals surface area (Å²) in [7, 11) is -3.84. The van der Waals surface area contributed by atoms with Gasteiger partial charge >= 0.3 is 0 Å². The molecular weight excluding hydrogens is 366 g/mol. The van der Waals surface area contributed by atoms with Gasteiger partial charge in [-0.05, 0) is 49.4 Å². The first-order valence-corrected chi connectivity index (χ1v) is 10.4. The lowest BCUT2D eigenvalue weighted by molar-refractivity contribution is -0.385. The van der Waals surface area contributed by atoms with E-state index in [0.29, 0.717) is 5.56 Å². The second-order valence-corrected chi connectivity index (χ2v) is 8.48. The van der Waals surface area contributed by atoms with E-state index in [9.17, 15) is 18.5 Å². The normalized spacial score (nSPS) is 14.9. The first-order chi connectivity index (χ1) is 12.9. The zero-order valence-electron chi connectivity index (χ0n) is 15.2. The SMILES string of the molecule is Cc1ccc([N+](=O)[O-])cc1S(=O)(=O)NCc1ccc(N2CCCCC2)cc1. The van der Waals surface area contributed by atoms with Crippen LogP contribution in [0.5, 0.6) is 0 Å². The summed E-state index contributed by atoms with van der Waals surface area (Å²) in [5.41, 5.74) is 2.21. The van der Waals surface area contributed by atoms with E-state index in [-0.39, 0.29) is 17.1 Å². The molecule has 1 heterocycles. The molecule has 1 N–H and O–H groups in total. The van der Waals surface area contributed by atoms with Crippen LogP contribution in [0.1, 0.15) is 30.4 Å². The Balaban J connectivity index is 1.70. The van der Waals surface area contributed by atoms with Crippen molar-refractivity contribution in [1.82, 2.24) is 4.72 Å². The Labute approximate surface area is 159 Å². The van der Waals surface area contributed by atoms with E-state index < -0.39 is 14.9 Å². The Morgan fingerprint density at radius 2 is 1.74 bits per heavy atom. The van der Waals surface area contributed by atoms with Gasteiger partial charge in [0.2, 0.25) is 10.0 Å². The average molecular weight is 389 g/mol. The number of aryl methyl sites for hydroxylation is 1. The fraction of sp³-hybridized carbons (Fsp3) is 0.368. The van der Waals surface area contributed by atoms with Gasteiger partial charge in [-0.15, -0.1) is 0 Å². The molecule has 1 aliphatic heterocycles. The summed E-state index contributed by atoms with van der Waals surface area (Å²) in [6.07, 6.45) is 3.67. The van der Waals surface area contributed by atoms with Crippen molar-refractivity contribution in [3.63, 3.8) is 0 Å². The number of benzene rings is 2. The van der Waals surface area contributed by atoms with Gasteiger partial charge in [0.15, 0.2) is 0 Å². The van der Waals surface area contributed by atoms with Crippen molar-refractivity contribution in [2.75, 3.05) is 18.0 Å². The molecule has 0 saturated carbocycles. The van der Waals surface area contributed by atoms with Gasteiger partial charge in [0.25, 0.3) is 5.69 Å². The molecule has 1 aliphatic rings. The summed E-state index contributed by atoms with van der Waals surface area (Å²) in [5, 5.41) is 10.9. The molecule has 2 aromatic rings. The molecule has 2 aromatic carbocycles. The van der Waals surface area contributed by atoms with Crippen molar-refractivity contribution in [3.8, 4) is 0 Å². The third kappa shape index (κ3) is 4.64. The van der Waals surface area contributed by atoms with Gasteiger partial charge in [-0.25, -0.2) is 13.1 Å². The van der Waals surface area contributed by atoms with Crippen LogP contribution in [0.4, 0.5) is 11.4 Å². The molecule has 1 fully saturated rings. The molecule has 0 spiro atoms. The number of hydrogen-bond acceptors (Lipinski definition) is 5. The van der Waals surface area contributed by atoms with Gasteiger partial charge in [-0.3, -0.25) is 10.1 Å². The highest BCUT2D eigenvalue weighted by molar-refractivity contribution is 7.89. The van der Waals surface area contributed by atoms with Crippen LogP contribution in [-0.4, -0.2) is 26.4 Å². The summed E-state index contributed by atoms with van der Waals surface area (Å²) >= 11 is 0. The number of nitrogens with zero attached hydrogens (tertiary/aromatic N) is 2. The van der Waals surface area contributed by atoms with Gasteiger partial charge in [-0.2, -0.15) is 0 Å². The molecule has 1 saturated heterocycles. The monoisotopic (exact) mass is 389 g/mol. The lowest BCUT2D eigenvalue weighted by Crippen LogP contribution is -2.29. The smallest absolute Gasteiger partial charge is 0.270 e. The molecule has 27 heavy (non-hydrogen) atoms. The van der Waals surface area contributed by atoms with Crippen molar-refractivity contribution in [2.45, 2.75) is 37.6 Å². The van der Waals surface area contributed by atoms with Crippen molar-refractivity contribution >= 4 is 21.4 Å². The quantitative estimate of drug-likeness (QED) is 0.604. The van der Waals surface area contributed by atoms with Gasteiger partial charge < -0.3 is 4.90 Å². The van der Waals surface area contributed by atoms with Crippen LogP contribution in [0.25, 0.3) is 0 Å². The molecule has 7 nitrogen and oxygen atoms in total. The summed E-state index contributed by atoms with van der Waals surface area (Å²) in [6, 6.07) is 11.7. The third-order valence-corrected chi connectivity index (χ3v) is 6.34. The Morgan fingerprint density at radius 3 is 2.37 bits per heavy atom. The number of sulfonamides is 1. The zero-order chi connectivity index (χ0) is 19.4. The van der Waals surface area contributed by atoms with E-state index in [1.165, 1.54) is 31.4 Å². The second kappa shape index (κ2) is 8.06. The van der Waals surface area contributed by atoms with Gasteiger partial charge in [0.05, 0.1) is 9.82 Å². The minimum absolute atomic E-state index is 0.0679. The fourth-order valence-electron chi connectivity index (χ4n) is 3.22. The van der Waals surface area contributed by atoms with Crippen LogP contribution >= 0.6 is 0 Å². The highest BCUT2D eigenvalue weighted by Crippen LogP contribution is 2.23. The standard InChI is InChI=1S/C19H23N3O4S/c1-15-5-8-18(22(23)24)13-19(15)27(25,26)20-14-16-6-9-17(10-7-16)21-11-3-2-4-12-21/h5-10,13,20H,2-4,11-12,14H2,1H3. The molecule has 8 heteroatoms. The van der Waals surface area contributed by atoms with Crippen molar-refractivity contribution in [2.24, 2.45) is 0 Å². The average Bonchev–Trinajstić information content (AvgIpc) is 2.67. The predicted molar refractivity (Wildman–Crippen MR) is 104 cm³/mol. The Morgan fingerprint density at radius 1 is 1.07 bits per heavy atom. The van der Waals surface area contributed by atoms with Crippen LogP contribution in [0.2, 0.25) is 0 Å². The summed E-state index contributed by atoms with van der Waals surface area (Å²) in [6.45, 7) is 3.85. The summed E-state index contributed by atoms with van der Waals surface area (Å²) in [5.74, 6) is 0. The van der Waals surface area contributed by atoms with Crippen LogP contribution < -0.4 is 9.62 Å². The molecule has 0 unspecified atom stereocenters. The highest BCUT2D eigenvalue weighted by Gasteiger charge is 2.20. The maximum atomic E-state index is 12.6. The highest BCUT2D eigenvalue weighted by atomic mass is 32.2. The molecule has 0 aliphatic carbocycles. The molecule has 0 radical (unpaired) electrons. The topological polar surface area (TPSA) is 92.5 Å². The number of nitrogens with one attached hydrogen (secondary N) is 1. The Hall–Kier alpha value is -2.45. The molecule has 3 rings (SSSR count). The van der Waals surface area contributed by atoms with E-state index in [1.807, 2.05) is 24.3 Å². The van der Waals surface area contributed by atoms with Crippen LogP contribution in [0.15, 0.2) is 47.4 Å². The van der Waals surface area contributed by atoms with Crippen molar-refractivity contribution < 1.29 is 13.3 Å². The molecule has 0 aromatic heterocycles. The van der Waals surface area contributed by atoms with Crippen LogP contribution in [0, 0.1) is 17.0 Å². The zero-order valence-corrected chi connectivity index (χ0v) is 16.0. The first-order valence-electron chi connectivity index (χ1n) is 8.95. The maximum Gasteiger partial charge on any atom is 0.270 e. The van der Waals surface area contributed by atoms with E-state index in [2.05, 4.69) is 9.62 Å². The number of nitro groups is 1. The number of non-ortho nitro benzene ring substituents is 1. The largest absolute Gasteiger partial charge is 0.372 e. The van der Waals surface area contributed by atoms with Gasteiger partial charge in [-0.1, -0.05) is 18.2 Å². The molecule has 0 atom stereocenters. The molecular formula is C19H23N3O4S. The molecule has 0 bridgehead atoms. The second-order valence-electron chi connectivity index (χ2n) is 6.75. The molecule has 144 valence electrons. The minimum atomic E-state index is -3.84. The Kier molecular flexibility index (Phi) is 5.76. The lowest BCUT2D eigenvalue weighted by atomic mass is 10.1. The van der Waals surface area contributed by atoms with Gasteiger partial charge in [0.1, 0.15) is 0 Å². The van der Waals surface area contributed by atoms with Crippen molar-refractivity contribution in [1.29, 1.82) is 0 Å². The fourth-order valence-corrected chi connectivity index (χ4v) is 4.50. The summed E-state index contributed by atoms with van der Waals surface area (Å²) < 4.78 is 27.7. The van der Waals surface area contributed by atoms with Gasteiger partial charge in [0, 0.05) is 37.5 Å². The predicted octanol–water partition coefficient (Wildman–Crippen LogP) is 3.37. The number of rotatable bonds is 6. The van der Waals surface area contributed by atoms with E-state index >= 15 is 0 Å². The number of nitro benzene ring substituents is 1. The minimum Gasteiger partial charge on any atom is -0.372 e. The summed E-state index contributed by atoms with van der Waals surface area (Å²) in [4.78, 5) is 12.6. The number of anilines is 1. The third-order valence-electron chi connectivity index (χ3n) is 4.80. The lowest BCUT2D eigenvalue weighted by Gasteiger charge is -2.28. The maximum absolute atomic E-state index is 12.6. The van der Waals surface area contributed by atoms with Crippen LogP contribution in [-0.2, 0) is 16.6 Å². The number of hydrogen-bond donors (Lipinski definition) is 1. The van der Waals surface area contributed by atoms with E-state index in [4.69, 9.17) is 0 Å². The number of piperidine rings is 1. The molecule has 0 amide bonds. The Bertz CT molecular complexity index is 920. The van der Waals surface area contributed by atoms with E-state index in [1.54, 1.807) is 6.92 Å². The van der Waals surface area contributed by atoms with E-state index in [0.717, 1.165) is 30.4 Å². The van der Waals surface area contributed by atoms with Crippen LogP contribution in [0.3, 0.4) is 0 Å². The first kappa shape index (κ1) is 19.3.